The van der Waals surface area contributed by atoms with Gasteiger partial charge in [-0.05, 0) is 12.0 Å². The van der Waals surface area contributed by atoms with Crippen LogP contribution in [0.2, 0.25) is 0 Å². The average Bonchev–Trinajstić information content (AvgIpc) is 2.81. The second-order valence-corrected chi connectivity index (χ2v) is 4.64. The number of amides is 2. The van der Waals surface area contributed by atoms with Gasteiger partial charge in [0.1, 0.15) is 12.6 Å². The summed E-state index contributed by atoms with van der Waals surface area (Å²) >= 11 is 0. The summed E-state index contributed by atoms with van der Waals surface area (Å²) in [5.74, 6) is -0.481. The van der Waals surface area contributed by atoms with Crippen LogP contribution in [0.4, 0.5) is 4.79 Å². The van der Waals surface area contributed by atoms with Gasteiger partial charge in [-0.3, -0.25) is 4.79 Å². The molecule has 2 atom stereocenters. The van der Waals surface area contributed by atoms with Crippen LogP contribution in [0.15, 0.2) is 43.0 Å². The number of carbonyl (C=O) groups excluding carboxylic acids is 2. The molecule has 4 heteroatoms. The molecule has 19 heavy (non-hydrogen) atoms. The molecular weight excluding hydrogens is 242 g/mol. The van der Waals surface area contributed by atoms with E-state index in [-0.39, 0.29) is 24.5 Å². The summed E-state index contributed by atoms with van der Waals surface area (Å²) in [6.45, 7) is 5.63. The SMILES string of the molecule is C=CC[C@H](C)C(=O)N1C(=O)OC[C@H]1c1ccccc1. The lowest BCUT2D eigenvalue weighted by Gasteiger charge is -2.22. The van der Waals surface area contributed by atoms with E-state index in [0.717, 1.165) is 5.56 Å². The van der Waals surface area contributed by atoms with Gasteiger partial charge in [0.05, 0.1) is 0 Å². The predicted octanol–water partition coefficient (Wildman–Crippen LogP) is 2.92. The average molecular weight is 259 g/mol. The number of rotatable bonds is 4. The molecular formula is C15H17NO3. The predicted molar refractivity (Wildman–Crippen MR) is 71.4 cm³/mol. The molecule has 100 valence electrons. The van der Waals surface area contributed by atoms with Gasteiger partial charge in [-0.25, -0.2) is 9.69 Å². The van der Waals surface area contributed by atoms with Gasteiger partial charge >= 0.3 is 6.09 Å². The maximum atomic E-state index is 12.3. The van der Waals surface area contributed by atoms with Crippen LogP contribution >= 0.6 is 0 Å². The molecule has 0 unspecified atom stereocenters. The quantitative estimate of drug-likeness (QED) is 0.781. The Kier molecular flexibility index (Phi) is 4.00. The van der Waals surface area contributed by atoms with E-state index in [9.17, 15) is 9.59 Å². The highest BCUT2D eigenvalue weighted by atomic mass is 16.6. The van der Waals surface area contributed by atoms with Gasteiger partial charge in [-0.1, -0.05) is 43.3 Å². The van der Waals surface area contributed by atoms with Crippen molar-refractivity contribution in [1.29, 1.82) is 0 Å². The molecule has 4 nitrogen and oxygen atoms in total. The molecule has 0 bridgehead atoms. The summed E-state index contributed by atoms with van der Waals surface area (Å²) in [7, 11) is 0. The summed E-state index contributed by atoms with van der Waals surface area (Å²) in [5, 5.41) is 0. The molecule has 0 radical (unpaired) electrons. The molecule has 1 heterocycles. The van der Waals surface area contributed by atoms with E-state index >= 15 is 0 Å². The van der Waals surface area contributed by atoms with Crippen molar-refractivity contribution in [2.75, 3.05) is 6.61 Å². The third-order valence-corrected chi connectivity index (χ3v) is 3.24. The molecule has 0 spiro atoms. The van der Waals surface area contributed by atoms with E-state index < -0.39 is 6.09 Å². The van der Waals surface area contributed by atoms with Crippen LogP contribution in [0.1, 0.15) is 24.9 Å². The van der Waals surface area contributed by atoms with Crippen molar-refractivity contribution in [3.05, 3.63) is 48.6 Å². The first-order chi connectivity index (χ1) is 9.15. The third kappa shape index (κ3) is 2.67. The van der Waals surface area contributed by atoms with Gasteiger partial charge in [-0.15, -0.1) is 6.58 Å². The van der Waals surface area contributed by atoms with Gasteiger partial charge < -0.3 is 4.74 Å². The lowest BCUT2D eigenvalue weighted by atomic mass is 10.0. The Morgan fingerprint density at radius 2 is 2.21 bits per heavy atom. The lowest BCUT2D eigenvalue weighted by Crippen LogP contribution is -2.37. The molecule has 0 saturated carbocycles. The molecule has 1 aromatic carbocycles. The van der Waals surface area contributed by atoms with Crippen LogP contribution in [0, 0.1) is 5.92 Å². The number of cyclic esters (lactones) is 1. The highest BCUT2D eigenvalue weighted by Crippen LogP contribution is 2.29. The van der Waals surface area contributed by atoms with Crippen LogP contribution in [-0.4, -0.2) is 23.5 Å². The van der Waals surface area contributed by atoms with Crippen molar-refractivity contribution in [2.24, 2.45) is 5.92 Å². The maximum Gasteiger partial charge on any atom is 0.417 e. The zero-order valence-electron chi connectivity index (χ0n) is 10.9. The monoisotopic (exact) mass is 259 g/mol. The van der Waals surface area contributed by atoms with Crippen molar-refractivity contribution in [3.8, 4) is 0 Å². The van der Waals surface area contributed by atoms with E-state index in [1.54, 1.807) is 13.0 Å². The maximum absolute atomic E-state index is 12.3. The van der Waals surface area contributed by atoms with E-state index in [1.165, 1.54) is 4.90 Å². The lowest BCUT2D eigenvalue weighted by molar-refractivity contribution is -0.132. The second kappa shape index (κ2) is 5.69. The first kappa shape index (κ1) is 13.3. The van der Waals surface area contributed by atoms with Gasteiger partial charge in [-0.2, -0.15) is 0 Å². The van der Waals surface area contributed by atoms with Crippen molar-refractivity contribution in [3.63, 3.8) is 0 Å². The molecule has 1 saturated heterocycles. The van der Waals surface area contributed by atoms with Gasteiger partial charge in [0.15, 0.2) is 0 Å². The normalized spacial score (nSPS) is 19.9. The summed E-state index contributed by atoms with van der Waals surface area (Å²) in [6, 6.07) is 9.12. The second-order valence-electron chi connectivity index (χ2n) is 4.64. The number of hydrogen-bond acceptors (Lipinski definition) is 3. The topological polar surface area (TPSA) is 46.6 Å². The Hall–Kier alpha value is -2.10. The Morgan fingerprint density at radius 3 is 2.84 bits per heavy atom. The standard InChI is InChI=1S/C15H17NO3/c1-3-7-11(2)14(17)16-13(10-19-15(16)18)12-8-5-4-6-9-12/h3-6,8-9,11,13H,1,7,10H2,2H3/t11-,13-/m0/s1. The minimum atomic E-state index is -0.560. The first-order valence-corrected chi connectivity index (χ1v) is 6.30. The number of hydrogen-bond donors (Lipinski definition) is 0. The van der Waals surface area contributed by atoms with E-state index in [2.05, 4.69) is 6.58 Å². The van der Waals surface area contributed by atoms with Gasteiger partial charge in [0, 0.05) is 5.92 Å². The minimum Gasteiger partial charge on any atom is -0.446 e. The van der Waals surface area contributed by atoms with Crippen molar-refractivity contribution >= 4 is 12.0 Å². The van der Waals surface area contributed by atoms with Crippen LogP contribution in [0.3, 0.4) is 0 Å². The van der Waals surface area contributed by atoms with Crippen LogP contribution in [0.25, 0.3) is 0 Å². The van der Waals surface area contributed by atoms with E-state index in [1.807, 2.05) is 30.3 Å². The number of benzene rings is 1. The largest absolute Gasteiger partial charge is 0.446 e. The zero-order chi connectivity index (χ0) is 13.8. The number of imide groups is 1. The molecule has 1 fully saturated rings. The molecule has 1 aromatic rings. The van der Waals surface area contributed by atoms with Crippen molar-refractivity contribution in [2.45, 2.75) is 19.4 Å². The van der Waals surface area contributed by atoms with Crippen molar-refractivity contribution < 1.29 is 14.3 Å². The van der Waals surface area contributed by atoms with E-state index in [0.29, 0.717) is 6.42 Å². The molecule has 2 rings (SSSR count). The van der Waals surface area contributed by atoms with Crippen molar-refractivity contribution in [1.82, 2.24) is 4.90 Å². The van der Waals surface area contributed by atoms with Gasteiger partial charge in [0.25, 0.3) is 0 Å². The fourth-order valence-electron chi connectivity index (χ4n) is 2.17. The first-order valence-electron chi connectivity index (χ1n) is 6.30. The summed E-state index contributed by atoms with van der Waals surface area (Å²) < 4.78 is 5.02. The summed E-state index contributed by atoms with van der Waals surface area (Å²) in [4.78, 5) is 25.3. The smallest absolute Gasteiger partial charge is 0.417 e. The minimum absolute atomic E-state index is 0.212. The zero-order valence-corrected chi connectivity index (χ0v) is 10.9. The Bertz CT molecular complexity index is 483. The Morgan fingerprint density at radius 1 is 1.53 bits per heavy atom. The number of carbonyl (C=O) groups is 2. The molecule has 0 aromatic heterocycles. The molecule has 0 N–H and O–H groups in total. The number of ether oxygens (including phenoxy) is 1. The van der Waals surface area contributed by atoms with Crippen LogP contribution < -0.4 is 0 Å². The number of allylic oxidation sites excluding steroid dienone is 1. The molecule has 0 aliphatic carbocycles. The third-order valence-electron chi connectivity index (χ3n) is 3.24. The number of nitrogens with zero attached hydrogens (tertiary/aromatic N) is 1. The fraction of sp³-hybridized carbons (Fsp3) is 0.333. The molecule has 1 aliphatic rings. The van der Waals surface area contributed by atoms with Crippen LogP contribution in [0.5, 0.6) is 0 Å². The fourth-order valence-corrected chi connectivity index (χ4v) is 2.17. The highest BCUT2D eigenvalue weighted by molar-refractivity contribution is 5.94. The highest BCUT2D eigenvalue weighted by Gasteiger charge is 2.40. The van der Waals surface area contributed by atoms with Crippen LogP contribution in [-0.2, 0) is 9.53 Å². The summed E-state index contributed by atoms with van der Waals surface area (Å²) in [5.41, 5.74) is 0.910. The van der Waals surface area contributed by atoms with E-state index in [4.69, 9.17) is 4.74 Å². The van der Waals surface area contributed by atoms with Gasteiger partial charge in [0.2, 0.25) is 5.91 Å². The molecule has 2 amide bonds. The Balaban J connectivity index is 2.23. The Labute approximate surface area is 112 Å². The molecule has 1 aliphatic heterocycles. The summed E-state index contributed by atoms with van der Waals surface area (Å²) in [6.07, 6.45) is 1.67.